The van der Waals surface area contributed by atoms with Crippen LogP contribution in [0.3, 0.4) is 0 Å². The van der Waals surface area contributed by atoms with Crippen molar-refractivity contribution in [2.75, 3.05) is 31.9 Å². The van der Waals surface area contributed by atoms with Crippen LogP contribution in [0.1, 0.15) is 95.4 Å². The summed E-state index contributed by atoms with van der Waals surface area (Å²) in [4.78, 5) is 2.49. The largest absolute Gasteiger partial charge is 0.489 e. The number of fused-ring (bicyclic) bond motifs is 1. The van der Waals surface area contributed by atoms with Gasteiger partial charge >= 0.3 is 0 Å². The van der Waals surface area contributed by atoms with Crippen molar-refractivity contribution in [3.63, 3.8) is 0 Å². The van der Waals surface area contributed by atoms with Crippen molar-refractivity contribution in [2.24, 2.45) is 5.41 Å². The van der Waals surface area contributed by atoms with E-state index >= 15 is 0 Å². The number of hydrogen-bond acceptors (Lipinski definition) is 6. The number of ether oxygens (including phenoxy) is 1. The van der Waals surface area contributed by atoms with Crippen LogP contribution in [0.5, 0.6) is 5.75 Å². The lowest BCUT2D eigenvalue weighted by Crippen LogP contribution is -2.27. The van der Waals surface area contributed by atoms with Gasteiger partial charge in [0.2, 0.25) is 0 Å². The summed E-state index contributed by atoms with van der Waals surface area (Å²) >= 11 is 0. The molecule has 2 N–H and O–H groups in total. The van der Waals surface area contributed by atoms with E-state index in [0.29, 0.717) is 11.5 Å². The quantitative estimate of drug-likeness (QED) is 0.229. The van der Waals surface area contributed by atoms with Gasteiger partial charge in [0, 0.05) is 32.8 Å². The Bertz CT molecular complexity index is 1350. The van der Waals surface area contributed by atoms with Gasteiger partial charge in [-0.1, -0.05) is 90.8 Å². The molecule has 3 aromatic carbocycles. The lowest BCUT2D eigenvalue weighted by Gasteiger charge is -2.31. The lowest BCUT2D eigenvalue weighted by atomic mass is 9.74. The third-order valence-electron chi connectivity index (χ3n) is 7.48. The number of aliphatic hydroxyl groups is 2. The van der Waals surface area contributed by atoms with Crippen molar-refractivity contribution in [2.45, 2.75) is 91.3 Å². The van der Waals surface area contributed by atoms with Crippen molar-refractivity contribution >= 4 is 15.5 Å². The summed E-state index contributed by atoms with van der Waals surface area (Å²) in [5, 5.41) is 16.2. The maximum atomic E-state index is 13.6. The summed E-state index contributed by atoms with van der Waals surface area (Å²) in [6.07, 6.45) is 11.7. The molecule has 0 radical (unpaired) electrons. The summed E-state index contributed by atoms with van der Waals surface area (Å²) in [6, 6.07) is 21.6. The van der Waals surface area contributed by atoms with Gasteiger partial charge in [-0.3, -0.25) is 0 Å². The topological polar surface area (TPSA) is 87.1 Å². The first-order valence-electron chi connectivity index (χ1n) is 15.9. The van der Waals surface area contributed by atoms with E-state index in [1.165, 1.54) is 0 Å². The van der Waals surface area contributed by atoms with Gasteiger partial charge in [-0.05, 0) is 70.8 Å². The molecule has 0 fully saturated rings. The molecule has 45 heavy (non-hydrogen) atoms. The van der Waals surface area contributed by atoms with E-state index in [2.05, 4.69) is 44.9 Å². The second-order valence-electron chi connectivity index (χ2n) is 10.9. The normalized spacial score (nSPS) is 17.4. The van der Waals surface area contributed by atoms with Crippen LogP contribution in [0.25, 0.3) is 0 Å². The molecule has 250 valence electrons. The van der Waals surface area contributed by atoms with Crippen molar-refractivity contribution in [1.82, 2.24) is 0 Å². The fraction of sp³-hybridized carbons (Fsp3) is 0.474. The Hall–Kier alpha value is -3.31. The number of anilines is 1. The zero-order valence-corrected chi connectivity index (χ0v) is 29.8. The SMILES string of the molecule is C#C.CC.CC.CCCCC1(C)C[C@H](c2ccc(OCc3ccc(CO)cc3)cc2)c2cc(N(C)C)ccc2S(=O)(=O)C1.CO. The van der Waals surface area contributed by atoms with E-state index in [1.807, 2.05) is 89.2 Å². The molecule has 0 bridgehead atoms. The molecule has 6 nitrogen and oxygen atoms in total. The highest BCUT2D eigenvalue weighted by Gasteiger charge is 2.40. The molecule has 1 heterocycles. The minimum atomic E-state index is -3.41. The zero-order chi connectivity index (χ0) is 34.6. The second kappa shape index (κ2) is 21.4. The minimum absolute atomic E-state index is 0.0193. The molecule has 0 saturated heterocycles. The summed E-state index contributed by atoms with van der Waals surface area (Å²) in [7, 11) is 1.55. The Morgan fingerprint density at radius 3 is 1.98 bits per heavy atom. The number of rotatable bonds is 9. The molecule has 0 aromatic heterocycles. The van der Waals surface area contributed by atoms with Crippen LogP contribution in [0, 0.1) is 18.3 Å². The van der Waals surface area contributed by atoms with Gasteiger partial charge in [-0.2, -0.15) is 0 Å². The third kappa shape index (κ3) is 12.2. The van der Waals surface area contributed by atoms with Gasteiger partial charge < -0.3 is 19.8 Å². The molecule has 4 rings (SSSR count). The highest BCUT2D eigenvalue weighted by Crippen LogP contribution is 2.47. The molecular formula is C38H57NO5S. The monoisotopic (exact) mass is 639 g/mol. The average Bonchev–Trinajstić information content (AvgIpc) is 3.17. The first-order valence-corrected chi connectivity index (χ1v) is 17.5. The molecule has 0 aliphatic carbocycles. The Morgan fingerprint density at radius 1 is 0.911 bits per heavy atom. The second-order valence-corrected chi connectivity index (χ2v) is 12.8. The molecule has 2 atom stereocenters. The molecule has 0 spiro atoms. The first kappa shape index (κ1) is 41.7. The minimum Gasteiger partial charge on any atom is -0.489 e. The Kier molecular flexibility index (Phi) is 19.9. The molecule has 1 unspecified atom stereocenters. The van der Waals surface area contributed by atoms with E-state index in [1.54, 1.807) is 6.07 Å². The Balaban J connectivity index is 0.00000224. The molecule has 1 aliphatic rings. The van der Waals surface area contributed by atoms with E-state index < -0.39 is 9.84 Å². The number of aliphatic hydroxyl groups excluding tert-OH is 2. The number of hydrogen-bond donors (Lipinski definition) is 2. The van der Waals surface area contributed by atoms with Crippen molar-refractivity contribution in [3.05, 3.63) is 89.0 Å². The molecule has 1 aliphatic heterocycles. The average molecular weight is 640 g/mol. The first-order chi connectivity index (χ1) is 21.6. The summed E-state index contributed by atoms with van der Waals surface area (Å²) in [6.45, 7) is 12.8. The maximum Gasteiger partial charge on any atom is 0.179 e. The highest BCUT2D eigenvalue weighted by atomic mass is 32.2. The standard InChI is InChI=1S/C31H39NO4S.2C2H6.C2H2.CH4O/c1-5-6-17-31(2)19-29(28-18-26(32(3)4)13-16-30(28)37(34,35)22-31)25-11-14-27(15-12-25)36-21-24-9-7-23(20-33)8-10-24;4*1-2/h7-16,18,29,33H,5-6,17,19-22H2,1-4H3;2*1-2H3;1-2H;2H,1H3/t29-,31?;;;;/m1..../s1. The van der Waals surface area contributed by atoms with Crippen molar-refractivity contribution in [3.8, 4) is 18.6 Å². The summed E-state index contributed by atoms with van der Waals surface area (Å²) < 4.78 is 33.2. The van der Waals surface area contributed by atoms with Gasteiger partial charge in [0.15, 0.2) is 9.84 Å². The van der Waals surface area contributed by atoms with Crippen LogP contribution in [-0.2, 0) is 23.1 Å². The summed E-state index contributed by atoms with van der Waals surface area (Å²) in [5.41, 5.74) is 4.62. The number of nitrogens with zero attached hydrogens (tertiary/aromatic N) is 1. The molecule has 0 saturated carbocycles. The number of sulfone groups is 1. The van der Waals surface area contributed by atoms with Crippen LogP contribution in [0.2, 0.25) is 0 Å². The number of unbranched alkanes of at least 4 members (excludes halogenated alkanes) is 1. The van der Waals surface area contributed by atoms with Gasteiger partial charge in [-0.15, -0.1) is 12.8 Å². The maximum absolute atomic E-state index is 13.6. The van der Waals surface area contributed by atoms with Gasteiger partial charge in [0.05, 0.1) is 17.3 Å². The van der Waals surface area contributed by atoms with Crippen LogP contribution < -0.4 is 9.64 Å². The third-order valence-corrected chi connectivity index (χ3v) is 9.60. The Morgan fingerprint density at radius 2 is 1.47 bits per heavy atom. The lowest BCUT2D eigenvalue weighted by molar-refractivity contribution is 0.281. The molecular weight excluding hydrogens is 582 g/mol. The molecule has 0 amide bonds. The zero-order valence-electron chi connectivity index (χ0n) is 29.0. The van der Waals surface area contributed by atoms with E-state index in [0.717, 1.165) is 66.5 Å². The smallest absolute Gasteiger partial charge is 0.179 e. The fourth-order valence-electron chi connectivity index (χ4n) is 5.35. The fourth-order valence-corrected chi connectivity index (χ4v) is 7.52. The molecule has 3 aromatic rings. The number of terminal acetylenes is 1. The predicted octanol–water partition coefficient (Wildman–Crippen LogP) is 8.24. The van der Waals surface area contributed by atoms with Gasteiger partial charge in [0.1, 0.15) is 12.4 Å². The van der Waals surface area contributed by atoms with Crippen LogP contribution >= 0.6 is 0 Å². The van der Waals surface area contributed by atoms with Crippen LogP contribution in [-0.4, -0.2) is 45.6 Å². The van der Waals surface area contributed by atoms with Gasteiger partial charge in [-0.25, -0.2) is 8.42 Å². The van der Waals surface area contributed by atoms with E-state index in [4.69, 9.17) is 9.84 Å². The summed E-state index contributed by atoms with van der Waals surface area (Å²) in [5.74, 6) is 0.933. The number of benzene rings is 3. The van der Waals surface area contributed by atoms with E-state index in [9.17, 15) is 13.5 Å². The highest BCUT2D eigenvalue weighted by molar-refractivity contribution is 7.91. The van der Waals surface area contributed by atoms with Gasteiger partial charge in [0.25, 0.3) is 0 Å². The van der Waals surface area contributed by atoms with Crippen LogP contribution in [0.15, 0.2) is 71.6 Å². The van der Waals surface area contributed by atoms with Crippen LogP contribution in [0.4, 0.5) is 5.69 Å². The van der Waals surface area contributed by atoms with E-state index in [-0.39, 0.29) is 23.7 Å². The van der Waals surface area contributed by atoms with Crippen molar-refractivity contribution in [1.29, 1.82) is 0 Å². The predicted molar refractivity (Wildman–Crippen MR) is 191 cm³/mol. The Labute approximate surface area is 274 Å². The van der Waals surface area contributed by atoms with Crippen molar-refractivity contribution < 1.29 is 23.4 Å². The molecule has 7 heteroatoms.